The van der Waals surface area contributed by atoms with Crippen molar-refractivity contribution >= 4 is 21.8 Å². The number of carbonyl (C=O) groups excluding carboxylic acids is 1. The van der Waals surface area contributed by atoms with E-state index in [1.54, 1.807) is 17.0 Å². The van der Waals surface area contributed by atoms with Crippen molar-refractivity contribution in [3.8, 4) is 11.8 Å². The summed E-state index contributed by atoms with van der Waals surface area (Å²) in [6.45, 7) is 10.7. The molecule has 1 aliphatic rings. The van der Waals surface area contributed by atoms with Crippen molar-refractivity contribution in [3.63, 3.8) is 0 Å². The third-order valence-corrected chi connectivity index (χ3v) is 4.90. The highest BCUT2D eigenvalue weighted by molar-refractivity contribution is 7.92. The third-order valence-electron chi connectivity index (χ3n) is 4.31. The summed E-state index contributed by atoms with van der Waals surface area (Å²) < 4.78 is 37.3. The number of sulfonamides is 1. The fourth-order valence-corrected chi connectivity index (χ4v) is 3.51. The molecule has 31 heavy (non-hydrogen) atoms. The van der Waals surface area contributed by atoms with Crippen LogP contribution in [0.15, 0.2) is 12.1 Å². The van der Waals surface area contributed by atoms with E-state index in [2.05, 4.69) is 21.5 Å². The molecule has 0 aliphatic carbocycles. The van der Waals surface area contributed by atoms with Crippen molar-refractivity contribution in [3.05, 3.63) is 23.5 Å². The molecule has 1 aromatic heterocycles. The molecule has 0 saturated carbocycles. The summed E-state index contributed by atoms with van der Waals surface area (Å²) in [5, 5.41) is 0. The summed E-state index contributed by atoms with van der Waals surface area (Å²) in [6.07, 6.45) is 2.05. The lowest BCUT2D eigenvalue weighted by molar-refractivity contribution is -0.0176. The van der Waals surface area contributed by atoms with Gasteiger partial charge in [0, 0.05) is 19.0 Å². The average Bonchev–Trinajstić information content (AvgIpc) is 2.64. The van der Waals surface area contributed by atoms with Gasteiger partial charge in [0.2, 0.25) is 10.0 Å². The van der Waals surface area contributed by atoms with Crippen molar-refractivity contribution in [2.75, 3.05) is 24.1 Å². The first-order chi connectivity index (χ1) is 14.3. The summed E-state index contributed by atoms with van der Waals surface area (Å²) in [5.41, 5.74) is 0.896. The molecule has 2 heterocycles. The molecule has 1 saturated heterocycles. The molecule has 1 N–H and O–H groups in total. The van der Waals surface area contributed by atoms with Gasteiger partial charge in [-0.2, -0.15) is 0 Å². The van der Waals surface area contributed by atoms with E-state index in [-0.39, 0.29) is 24.7 Å². The second kappa shape index (κ2) is 10.3. The Morgan fingerprint density at radius 1 is 1.29 bits per heavy atom. The van der Waals surface area contributed by atoms with Gasteiger partial charge < -0.3 is 14.4 Å². The van der Waals surface area contributed by atoms with Gasteiger partial charge in [0.1, 0.15) is 11.3 Å². The van der Waals surface area contributed by atoms with Gasteiger partial charge in [0.25, 0.3) is 0 Å². The van der Waals surface area contributed by atoms with E-state index in [1.165, 1.54) is 0 Å². The molecule has 1 amide bonds. The van der Waals surface area contributed by atoms with Crippen LogP contribution in [-0.4, -0.2) is 55.4 Å². The maximum Gasteiger partial charge on any atom is 0.410 e. The summed E-state index contributed by atoms with van der Waals surface area (Å²) in [5.74, 6) is 6.25. The molecule has 2 rings (SSSR count). The smallest absolute Gasteiger partial charge is 0.410 e. The third kappa shape index (κ3) is 9.15. The zero-order valence-corrected chi connectivity index (χ0v) is 20.0. The fraction of sp³-hybridized carbons (Fsp3) is 0.636. The number of nitrogens with zero attached hydrogens (tertiary/aromatic N) is 2. The molecule has 8 nitrogen and oxygen atoms in total. The van der Waals surface area contributed by atoms with Crippen LogP contribution in [0.1, 0.15) is 58.8 Å². The minimum atomic E-state index is -3.45. The van der Waals surface area contributed by atoms with E-state index in [1.807, 2.05) is 34.6 Å². The van der Waals surface area contributed by atoms with Crippen molar-refractivity contribution in [2.24, 2.45) is 5.92 Å². The van der Waals surface area contributed by atoms with Gasteiger partial charge in [-0.05, 0) is 51.7 Å². The van der Waals surface area contributed by atoms with Gasteiger partial charge in [0.15, 0.2) is 0 Å². The van der Waals surface area contributed by atoms with E-state index in [0.29, 0.717) is 43.0 Å². The number of likely N-dealkylation sites (tertiary alicyclic amines) is 1. The molecule has 9 heteroatoms. The molecular weight excluding hydrogens is 418 g/mol. The van der Waals surface area contributed by atoms with E-state index >= 15 is 0 Å². The molecular formula is C22H33N3O5S. The van der Waals surface area contributed by atoms with Gasteiger partial charge in [-0.1, -0.05) is 19.8 Å². The molecule has 0 aromatic carbocycles. The Kier molecular flexibility index (Phi) is 8.32. The first-order valence-corrected chi connectivity index (χ1v) is 12.3. The van der Waals surface area contributed by atoms with E-state index in [0.717, 1.165) is 6.26 Å². The minimum absolute atomic E-state index is 0.0584. The largest absolute Gasteiger partial charge is 0.444 e. The van der Waals surface area contributed by atoms with Crippen LogP contribution in [0.2, 0.25) is 0 Å². The number of hydrogen-bond acceptors (Lipinski definition) is 6. The fourth-order valence-electron chi connectivity index (χ4n) is 2.92. The second-order valence-corrected chi connectivity index (χ2v) is 10.7. The van der Waals surface area contributed by atoms with Gasteiger partial charge in [0.05, 0.1) is 30.3 Å². The molecule has 1 fully saturated rings. The highest BCUT2D eigenvalue weighted by Crippen LogP contribution is 2.21. The number of carbonyl (C=O) groups is 1. The van der Waals surface area contributed by atoms with Gasteiger partial charge >= 0.3 is 6.09 Å². The Bertz CT molecular complexity index is 934. The Balaban J connectivity index is 2.02. The van der Waals surface area contributed by atoms with Crippen LogP contribution in [0, 0.1) is 17.8 Å². The van der Waals surface area contributed by atoms with Crippen molar-refractivity contribution in [1.29, 1.82) is 0 Å². The van der Waals surface area contributed by atoms with E-state index < -0.39 is 15.6 Å². The van der Waals surface area contributed by atoms with Crippen LogP contribution >= 0.6 is 0 Å². The maximum absolute atomic E-state index is 12.2. The normalized spacial score (nSPS) is 15.4. The predicted molar refractivity (Wildman–Crippen MR) is 120 cm³/mol. The molecule has 172 valence electrons. The lowest BCUT2D eigenvalue weighted by Crippen LogP contribution is -2.43. The molecule has 1 aliphatic heterocycles. The van der Waals surface area contributed by atoms with Crippen LogP contribution in [-0.2, 0) is 26.1 Å². The number of hydrogen-bond donors (Lipinski definition) is 1. The lowest BCUT2D eigenvalue weighted by Gasteiger charge is -2.33. The first-order valence-electron chi connectivity index (χ1n) is 10.4. The Morgan fingerprint density at radius 3 is 2.48 bits per heavy atom. The number of amides is 1. The van der Waals surface area contributed by atoms with Gasteiger partial charge in [-0.25, -0.2) is 18.2 Å². The molecule has 0 radical (unpaired) electrons. The predicted octanol–water partition coefficient (Wildman–Crippen LogP) is 3.38. The molecule has 0 bridgehead atoms. The van der Waals surface area contributed by atoms with E-state index in [9.17, 15) is 13.2 Å². The number of aromatic nitrogens is 1. The monoisotopic (exact) mass is 451 g/mol. The molecule has 0 atom stereocenters. The zero-order chi connectivity index (χ0) is 23.2. The Hall–Kier alpha value is -2.31. The highest BCUT2D eigenvalue weighted by Gasteiger charge is 2.27. The average molecular weight is 452 g/mol. The second-order valence-electron chi connectivity index (χ2n) is 8.97. The molecule has 0 spiro atoms. The molecule has 1 aromatic rings. The highest BCUT2D eigenvalue weighted by atomic mass is 32.2. The first kappa shape index (κ1) is 25.0. The van der Waals surface area contributed by atoms with Crippen LogP contribution < -0.4 is 4.72 Å². The number of piperidine rings is 1. The summed E-state index contributed by atoms with van der Waals surface area (Å²) in [4.78, 5) is 18.4. The minimum Gasteiger partial charge on any atom is -0.444 e. The number of anilines is 1. The van der Waals surface area contributed by atoms with Crippen molar-refractivity contribution in [2.45, 2.75) is 65.8 Å². The van der Waals surface area contributed by atoms with Gasteiger partial charge in [-0.15, -0.1) is 0 Å². The maximum atomic E-state index is 12.2. The van der Waals surface area contributed by atoms with Crippen molar-refractivity contribution in [1.82, 2.24) is 9.88 Å². The summed E-state index contributed by atoms with van der Waals surface area (Å²) in [7, 11) is -3.45. The quantitative estimate of drug-likeness (QED) is 0.689. The zero-order valence-electron chi connectivity index (χ0n) is 19.2. The topological polar surface area (TPSA) is 97.8 Å². The number of rotatable bonds is 5. The van der Waals surface area contributed by atoms with Gasteiger partial charge in [-0.3, -0.25) is 4.72 Å². The van der Waals surface area contributed by atoms with Crippen LogP contribution in [0.5, 0.6) is 0 Å². The summed E-state index contributed by atoms with van der Waals surface area (Å²) in [6, 6.07) is 3.34. The summed E-state index contributed by atoms with van der Waals surface area (Å²) >= 11 is 0. The Morgan fingerprint density at radius 2 is 1.94 bits per heavy atom. The Labute approximate surface area is 185 Å². The number of ether oxygens (including phenoxy) is 2. The van der Waals surface area contributed by atoms with Crippen LogP contribution in [0.3, 0.4) is 0 Å². The van der Waals surface area contributed by atoms with E-state index in [4.69, 9.17) is 9.47 Å². The van der Waals surface area contributed by atoms with Crippen LogP contribution in [0.4, 0.5) is 10.5 Å². The number of nitrogens with one attached hydrogen (secondary N) is 1. The lowest BCUT2D eigenvalue weighted by atomic mass is 10.1. The standard InChI is InChI=1S/C22H33N3O5S/c1-16(2)7-8-17-9-10-19(24-31(6,27)28)20(23-17)15-29-18-11-13-25(14-12-18)21(26)30-22(3,4)5/h9-10,16,18,24H,11-15H2,1-6H3. The van der Waals surface area contributed by atoms with Crippen molar-refractivity contribution < 1.29 is 22.7 Å². The number of pyridine rings is 1. The molecule has 0 unspecified atom stereocenters. The SMILES string of the molecule is CC(C)C#Cc1ccc(NS(C)(=O)=O)c(COC2CCN(C(=O)OC(C)(C)C)CC2)n1. The van der Waals surface area contributed by atoms with Crippen LogP contribution in [0.25, 0.3) is 0 Å².